The maximum Gasteiger partial charge on any atom is 0.0555 e. The number of aromatic nitrogens is 1. The molecule has 0 saturated heterocycles. The summed E-state index contributed by atoms with van der Waals surface area (Å²) < 4.78 is 9.50. The lowest BCUT2D eigenvalue weighted by atomic mass is 10.0. The Kier molecular flexibility index (Phi) is 5.96. The molecule has 1 aliphatic rings. The van der Waals surface area contributed by atoms with Crippen molar-refractivity contribution in [1.82, 2.24) is 10.3 Å². The van der Waals surface area contributed by atoms with Crippen LogP contribution >= 0.6 is 23.6 Å². The molecule has 0 aliphatic heterocycles. The van der Waals surface area contributed by atoms with Crippen LogP contribution in [0, 0.1) is 0 Å². The van der Waals surface area contributed by atoms with E-state index >= 15 is 0 Å². The molecule has 1 heterocycles. The van der Waals surface area contributed by atoms with E-state index in [9.17, 15) is 4.55 Å². The minimum Gasteiger partial charge on any atom is -0.381 e. The smallest absolute Gasteiger partial charge is 0.0555 e. The third kappa shape index (κ3) is 4.63. The molecule has 1 aromatic carbocycles. The van der Waals surface area contributed by atoms with Gasteiger partial charge in [0.15, 0.2) is 0 Å². The van der Waals surface area contributed by atoms with Gasteiger partial charge in [-0.15, -0.1) is 11.6 Å². The molecule has 0 saturated carbocycles. The molecule has 0 radical (unpaired) electrons. The highest BCUT2D eigenvalue weighted by molar-refractivity contribution is 7.93. The molecule has 1 aliphatic carbocycles. The predicted molar refractivity (Wildman–Crippen MR) is 100 cm³/mol. The van der Waals surface area contributed by atoms with E-state index in [2.05, 4.69) is 28.5 Å². The maximum absolute atomic E-state index is 9.50. The molecule has 5 heteroatoms. The third-order valence-electron chi connectivity index (χ3n) is 3.88. The first-order valence-electron chi connectivity index (χ1n) is 7.83. The first-order valence-corrected chi connectivity index (χ1v) is 9.04. The summed E-state index contributed by atoms with van der Waals surface area (Å²) in [5.41, 5.74) is 4.52. The Morgan fingerprint density at radius 3 is 2.92 bits per heavy atom. The number of alkyl halides is 1. The lowest BCUT2D eigenvalue weighted by Crippen LogP contribution is -2.15. The van der Waals surface area contributed by atoms with Crippen LogP contribution < -0.4 is 5.32 Å². The van der Waals surface area contributed by atoms with E-state index in [1.54, 1.807) is 6.20 Å². The fourth-order valence-corrected chi connectivity index (χ4v) is 3.17. The van der Waals surface area contributed by atoms with Gasteiger partial charge in [-0.2, -0.15) is 0 Å². The van der Waals surface area contributed by atoms with Crippen LogP contribution in [-0.2, 0) is 13.0 Å². The van der Waals surface area contributed by atoms with Crippen LogP contribution in [0.1, 0.15) is 23.1 Å². The summed E-state index contributed by atoms with van der Waals surface area (Å²) in [6.45, 7) is 0.660. The Morgan fingerprint density at radius 1 is 1.29 bits per heavy atom. The Labute approximate surface area is 151 Å². The van der Waals surface area contributed by atoms with Crippen molar-refractivity contribution in [2.24, 2.45) is 0 Å². The van der Waals surface area contributed by atoms with Crippen LogP contribution in [0.4, 0.5) is 0 Å². The van der Waals surface area contributed by atoms with Crippen LogP contribution in [0.25, 0.3) is 0 Å². The monoisotopic (exact) mass is 358 g/mol. The number of pyridine rings is 1. The molecule has 1 atom stereocenters. The van der Waals surface area contributed by atoms with Gasteiger partial charge < -0.3 is 9.87 Å². The number of hydrogen-bond acceptors (Lipinski definition) is 4. The van der Waals surface area contributed by atoms with Crippen molar-refractivity contribution in [2.45, 2.75) is 29.7 Å². The molecular weight excluding hydrogens is 340 g/mol. The number of nitrogens with one attached hydrogen (secondary N) is 1. The van der Waals surface area contributed by atoms with Gasteiger partial charge in [-0.05, 0) is 47.7 Å². The molecule has 0 amide bonds. The van der Waals surface area contributed by atoms with E-state index in [-0.39, 0.29) is 5.38 Å². The standard InChI is InChI=1S/C19H19ClN2OS/c20-17-4-6-18(7-5-17)22-13-16-11-14(3-8-19(16)24-23)10-15-2-1-9-21-12-15/h1-4,6-9,11-12,17,22-23H,5,10,13H2. The first kappa shape index (κ1) is 17.1. The van der Waals surface area contributed by atoms with Crippen LogP contribution in [0.5, 0.6) is 0 Å². The molecule has 0 spiro atoms. The molecule has 3 nitrogen and oxygen atoms in total. The van der Waals surface area contributed by atoms with E-state index in [4.69, 9.17) is 11.6 Å². The largest absolute Gasteiger partial charge is 0.381 e. The minimum absolute atomic E-state index is 0.0851. The average Bonchev–Trinajstić information content (AvgIpc) is 2.62. The summed E-state index contributed by atoms with van der Waals surface area (Å²) >= 11 is 6.83. The van der Waals surface area contributed by atoms with Crippen molar-refractivity contribution in [1.29, 1.82) is 0 Å². The van der Waals surface area contributed by atoms with Gasteiger partial charge in [0.25, 0.3) is 0 Å². The van der Waals surface area contributed by atoms with Crippen molar-refractivity contribution >= 4 is 23.6 Å². The molecule has 1 aromatic heterocycles. The highest BCUT2D eigenvalue weighted by atomic mass is 35.5. The lowest BCUT2D eigenvalue weighted by molar-refractivity contribution is 0.661. The summed E-state index contributed by atoms with van der Waals surface area (Å²) in [4.78, 5) is 5.03. The predicted octanol–water partition coefficient (Wildman–Crippen LogP) is 4.78. The second kappa shape index (κ2) is 8.38. The van der Waals surface area contributed by atoms with Crippen molar-refractivity contribution in [3.05, 3.63) is 83.3 Å². The van der Waals surface area contributed by atoms with Crippen molar-refractivity contribution < 1.29 is 4.55 Å². The van der Waals surface area contributed by atoms with Crippen LogP contribution in [0.2, 0.25) is 0 Å². The topological polar surface area (TPSA) is 45.2 Å². The Balaban J connectivity index is 1.71. The van der Waals surface area contributed by atoms with E-state index in [1.807, 2.05) is 36.5 Å². The van der Waals surface area contributed by atoms with Gasteiger partial charge in [0.05, 0.1) is 5.38 Å². The molecule has 2 aromatic rings. The number of hydrogen-bond donors (Lipinski definition) is 2. The van der Waals surface area contributed by atoms with Gasteiger partial charge in [-0.1, -0.05) is 30.4 Å². The summed E-state index contributed by atoms with van der Waals surface area (Å²) in [5, 5.41) is 3.49. The molecule has 0 bridgehead atoms. The second-order valence-electron chi connectivity index (χ2n) is 5.70. The van der Waals surface area contributed by atoms with Crippen LogP contribution in [0.15, 0.2) is 71.5 Å². The van der Waals surface area contributed by atoms with Gasteiger partial charge in [-0.3, -0.25) is 4.98 Å². The maximum atomic E-state index is 9.50. The van der Waals surface area contributed by atoms with Gasteiger partial charge in [0.1, 0.15) is 0 Å². The summed E-state index contributed by atoms with van der Waals surface area (Å²) in [5.74, 6) is 0. The van der Waals surface area contributed by atoms with E-state index < -0.39 is 0 Å². The SMILES string of the molecule is OSc1ccc(Cc2cccnc2)cc1CNC1=CCC(Cl)C=C1. The first-order chi connectivity index (χ1) is 11.7. The zero-order chi connectivity index (χ0) is 16.8. The van der Waals surface area contributed by atoms with Crippen molar-refractivity contribution in [3.8, 4) is 0 Å². The molecule has 2 N–H and O–H groups in total. The molecular formula is C19H19ClN2OS. The highest BCUT2D eigenvalue weighted by Gasteiger charge is 2.08. The number of halogens is 1. The van der Waals surface area contributed by atoms with Crippen LogP contribution in [0.3, 0.4) is 0 Å². The molecule has 0 fully saturated rings. The van der Waals surface area contributed by atoms with Gasteiger partial charge in [0, 0.05) is 41.6 Å². The van der Waals surface area contributed by atoms with Crippen LogP contribution in [-0.4, -0.2) is 14.9 Å². The molecule has 1 unspecified atom stereocenters. The Morgan fingerprint density at radius 2 is 2.21 bits per heavy atom. The quantitative estimate of drug-likeness (QED) is 0.576. The summed E-state index contributed by atoms with van der Waals surface area (Å²) in [7, 11) is 0. The zero-order valence-corrected chi connectivity index (χ0v) is 14.7. The molecule has 3 rings (SSSR count). The average molecular weight is 359 g/mol. The Bertz CT molecular complexity index is 746. The Hall–Kier alpha value is -1.75. The number of benzene rings is 1. The summed E-state index contributed by atoms with van der Waals surface area (Å²) in [6, 6.07) is 10.2. The zero-order valence-electron chi connectivity index (χ0n) is 13.2. The van der Waals surface area contributed by atoms with Gasteiger partial charge >= 0.3 is 0 Å². The van der Waals surface area contributed by atoms with E-state index in [1.165, 1.54) is 11.1 Å². The second-order valence-corrected chi connectivity index (χ2v) is 6.88. The van der Waals surface area contributed by atoms with Gasteiger partial charge in [0.2, 0.25) is 0 Å². The number of allylic oxidation sites excluding steroid dienone is 3. The number of rotatable bonds is 6. The lowest BCUT2D eigenvalue weighted by Gasteiger charge is -2.15. The summed E-state index contributed by atoms with van der Waals surface area (Å²) in [6.07, 6.45) is 11.4. The minimum atomic E-state index is 0.0851. The highest BCUT2D eigenvalue weighted by Crippen LogP contribution is 2.23. The van der Waals surface area contributed by atoms with E-state index in [0.29, 0.717) is 6.54 Å². The van der Waals surface area contributed by atoms with Gasteiger partial charge in [-0.25, -0.2) is 0 Å². The van der Waals surface area contributed by atoms with Crippen molar-refractivity contribution in [3.63, 3.8) is 0 Å². The normalized spacial score (nSPS) is 16.8. The third-order valence-corrected chi connectivity index (χ3v) is 4.80. The molecule has 24 heavy (non-hydrogen) atoms. The fraction of sp³-hybridized carbons (Fsp3) is 0.211. The van der Waals surface area contributed by atoms with E-state index in [0.717, 1.165) is 41.0 Å². The van der Waals surface area contributed by atoms with Crippen molar-refractivity contribution in [2.75, 3.05) is 0 Å². The fourth-order valence-electron chi connectivity index (χ4n) is 2.63. The number of nitrogens with zero attached hydrogens (tertiary/aromatic N) is 1. The molecule has 124 valence electrons.